The Balaban J connectivity index is 1.36. The van der Waals surface area contributed by atoms with Gasteiger partial charge in [0.05, 0.1) is 11.4 Å². The number of rotatable bonds is 4. The van der Waals surface area contributed by atoms with Gasteiger partial charge < -0.3 is 15.1 Å². The summed E-state index contributed by atoms with van der Waals surface area (Å²) in [5.74, 6) is 0. The lowest BCUT2D eigenvalue weighted by Crippen LogP contribution is -2.50. The van der Waals surface area contributed by atoms with Crippen LogP contribution in [0, 0.1) is 0 Å². The second kappa shape index (κ2) is 9.06. The number of hydrogen-bond acceptors (Lipinski definition) is 3. The fourth-order valence-corrected chi connectivity index (χ4v) is 4.62. The number of anilines is 2. The monoisotopic (exact) mass is 412 g/mol. The molecule has 0 aromatic heterocycles. The summed E-state index contributed by atoms with van der Waals surface area (Å²) in [7, 11) is 0. The maximum absolute atomic E-state index is 12.9. The van der Waals surface area contributed by atoms with E-state index in [0.29, 0.717) is 13.1 Å². The van der Waals surface area contributed by atoms with Gasteiger partial charge in [0, 0.05) is 50.3 Å². The molecule has 0 radical (unpaired) electrons. The molecule has 2 aromatic carbocycles. The van der Waals surface area contributed by atoms with Crippen LogP contribution in [-0.4, -0.2) is 55.1 Å². The topological polar surface area (TPSA) is 38.8 Å². The molecule has 0 aliphatic carbocycles. The van der Waals surface area contributed by atoms with E-state index in [4.69, 9.17) is 11.6 Å². The molecule has 2 aromatic rings. The van der Waals surface area contributed by atoms with Crippen molar-refractivity contribution < 1.29 is 4.79 Å². The van der Waals surface area contributed by atoms with Crippen molar-refractivity contribution in [1.29, 1.82) is 0 Å². The second-order valence-electron chi connectivity index (χ2n) is 7.86. The van der Waals surface area contributed by atoms with Gasteiger partial charge in [-0.3, -0.25) is 4.90 Å². The van der Waals surface area contributed by atoms with Gasteiger partial charge in [0.1, 0.15) is 0 Å². The van der Waals surface area contributed by atoms with Crippen LogP contribution in [0.25, 0.3) is 0 Å². The van der Waals surface area contributed by atoms with Gasteiger partial charge in [-0.1, -0.05) is 41.9 Å². The van der Waals surface area contributed by atoms with Crippen molar-refractivity contribution in [1.82, 2.24) is 9.80 Å². The fraction of sp³-hybridized carbons (Fsp3) is 0.435. The predicted molar refractivity (Wildman–Crippen MR) is 120 cm³/mol. The minimum absolute atomic E-state index is 0.0123. The summed E-state index contributed by atoms with van der Waals surface area (Å²) in [4.78, 5) is 19.6. The van der Waals surface area contributed by atoms with Crippen molar-refractivity contribution in [2.24, 2.45) is 0 Å². The zero-order chi connectivity index (χ0) is 20.2. The van der Waals surface area contributed by atoms with E-state index in [0.717, 1.165) is 48.1 Å². The average molecular weight is 413 g/mol. The van der Waals surface area contributed by atoms with Crippen LogP contribution in [0.2, 0.25) is 5.02 Å². The van der Waals surface area contributed by atoms with E-state index in [1.54, 1.807) is 0 Å². The van der Waals surface area contributed by atoms with E-state index in [2.05, 4.69) is 34.2 Å². The Labute approximate surface area is 178 Å². The van der Waals surface area contributed by atoms with Crippen LogP contribution in [0.15, 0.2) is 48.5 Å². The van der Waals surface area contributed by atoms with Gasteiger partial charge in [0.2, 0.25) is 0 Å². The Hall–Kier alpha value is -2.24. The van der Waals surface area contributed by atoms with E-state index in [1.165, 1.54) is 12.8 Å². The Bertz CT molecular complexity index is 844. The SMILES string of the molecule is C[C@@H](c1ccccc1Cl)N1CCN(C(=O)Nc2ccccc2N2CCCC2)CC1. The van der Waals surface area contributed by atoms with Crippen LogP contribution in [0.3, 0.4) is 0 Å². The number of amides is 2. The quantitative estimate of drug-likeness (QED) is 0.780. The molecular formula is C23H29ClN4O. The summed E-state index contributed by atoms with van der Waals surface area (Å²) >= 11 is 6.37. The molecule has 154 valence electrons. The Morgan fingerprint density at radius 2 is 1.59 bits per heavy atom. The van der Waals surface area contributed by atoms with Gasteiger partial charge in [-0.15, -0.1) is 0 Å². The summed E-state index contributed by atoms with van der Waals surface area (Å²) in [5, 5.41) is 3.95. The minimum atomic E-state index is -0.0123. The van der Waals surface area contributed by atoms with Crippen molar-refractivity contribution in [2.75, 3.05) is 49.5 Å². The molecule has 0 spiro atoms. The van der Waals surface area contributed by atoms with Gasteiger partial charge in [0.15, 0.2) is 0 Å². The van der Waals surface area contributed by atoms with Gasteiger partial charge >= 0.3 is 6.03 Å². The van der Waals surface area contributed by atoms with Crippen molar-refractivity contribution in [3.63, 3.8) is 0 Å². The molecule has 29 heavy (non-hydrogen) atoms. The molecule has 2 heterocycles. The number of nitrogens with one attached hydrogen (secondary N) is 1. The molecule has 4 rings (SSSR count). The van der Waals surface area contributed by atoms with E-state index < -0.39 is 0 Å². The third kappa shape index (κ3) is 4.51. The number of carbonyl (C=O) groups is 1. The highest BCUT2D eigenvalue weighted by atomic mass is 35.5. The van der Waals surface area contributed by atoms with Crippen molar-refractivity contribution in [2.45, 2.75) is 25.8 Å². The van der Waals surface area contributed by atoms with Crippen molar-refractivity contribution in [3.05, 3.63) is 59.1 Å². The summed E-state index contributed by atoms with van der Waals surface area (Å²) in [6, 6.07) is 16.4. The molecule has 5 nitrogen and oxygen atoms in total. The molecule has 2 aliphatic rings. The van der Waals surface area contributed by atoms with Crippen LogP contribution in [0.4, 0.5) is 16.2 Å². The first kappa shape index (κ1) is 20.0. The maximum atomic E-state index is 12.9. The van der Waals surface area contributed by atoms with E-state index >= 15 is 0 Å². The number of carbonyl (C=O) groups excluding carboxylic acids is 1. The molecule has 2 fully saturated rings. The molecule has 0 saturated carbocycles. The summed E-state index contributed by atoms with van der Waals surface area (Å²) < 4.78 is 0. The van der Waals surface area contributed by atoms with Gasteiger partial charge in [-0.25, -0.2) is 4.79 Å². The van der Waals surface area contributed by atoms with Gasteiger partial charge in [0.25, 0.3) is 0 Å². The van der Waals surface area contributed by atoms with Crippen molar-refractivity contribution in [3.8, 4) is 0 Å². The summed E-state index contributed by atoms with van der Waals surface area (Å²) in [6.07, 6.45) is 2.43. The number of halogens is 1. The Morgan fingerprint density at radius 1 is 0.931 bits per heavy atom. The third-order valence-electron chi connectivity index (χ3n) is 6.10. The van der Waals surface area contributed by atoms with Crippen LogP contribution >= 0.6 is 11.6 Å². The Morgan fingerprint density at radius 3 is 2.31 bits per heavy atom. The molecule has 0 bridgehead atoms. The number of nitrogens with zero attached hydrogens (tertiary/aromatic N) is 3. The molecule has 6 heteroatoms. The highest BCUT2D eigenvalue weighted by molar-refractivity contribution is 6.31. The van der Waals surface area contributed by atoms with Crippen LogP contribution in [-0.2, 0) is 0 Å². The number of hydrogen-bond donors (Lipinski definition) is 1. The zero-order valence-corrected chi connectivity index (χ0v) is 17.7. The first-order valence-corrected chi connectivity index (χ1v) is 10.9. The number of benzene rings is 2. The lowest BCUT2D eigenvalue weighted by Gasteiger charge is -2.38. The van der Waals surface area contributed by atoms with E-state index in [-0.39, 0.29) is 12.1 Å². The number of piperazine rings is 1. The average Bonchev–Trinajstić information content (AvgIpc) is 3.29. The Kier molecular flexibility index (Phi) is 6.26. The highest BCUT2D eigenvalue weighted by Crippen LogP contribution is 2.30. The normalized spacial score (nSPS) is 18.7. The van der Waals surface area contributed by atoms with E-state index in [1.807, 2.05) is 41.3 Å². The standard InChI is InChI=1S/C23H29ClN4O/c1-18(19-8-2-3-9-20(19)24)26-14-16-28(17-15-26)23(29)25-21-10-4-5-11-22(21)27-12-6-7-13-27/h2-5,8-11,18H,6-7,12-17H2,1H3,(H,25,29)/t18-/m0/s1. The number of urea groups is 1. The summed E-state index contributed by atoms with van der Waals surface area (Å²) in [5.41, 5.74) is 3.18. The number of para-hydroxylation sites is 2. The molecule has 2 saturated heterocycles. The molecule has 1 N–H and O–H groups in total. The maximum Gasteiger partial charge on any atom is 0.321 e. The predicted octanol–water partition coefficient (Wildman–Crippen LogP) is 4.85. The second-order valence-corrected chi connectivity index (χ2v) is 8.27. The molecule has 1 atom stereocenters. The van der Waals surface area contributed by atoms with Gasteiger partial charge in [-0.2, -0.15) is 0 Å². The third-order valence-corrected chi connectivity index (χ3v) is 6.44. The molecule has 0 unspecified atom stereocenters. The first-order valence-electron chi connectivity index (χ1n) is 10.5. The highest BCUT2D eigenvalue weighted by Gasteiger charge is 2.26. The first-order chi connectivity index (χ1) is 14.1. The van der Waals surface area contributed by atoms with Gasteiger partial charge in [-0.05, 0) is 43.5 Å². The van der Waals surface area contributed by atoms with Crippen molar-refractivity contribution >= 4 is 29.0 Å². The zero-order valence-electron chi connectivity index (χ0n) is 17.0. The summed E-state index contributed by atoms with van der Waals surface area (Å²) in [6.45, 7) is 7.42. The molecule has 2 aliphatic heterocycles. The van der Waals surface area contributed by atoms with Crippen LogP contribution in [0.5, 0.6) is 0 Å². The van der Waals surface area contributed by atoms with Crippen LogP contribution < -0.4 is 10.2 Å². The molecule has 2 amide bonds. The lowest BCUT2D eigenvalue weighted by molar-refractivity contribution is 0.119. The van der Waals surface area contributed by atoms with Crippen LogP contribution in [0.1, 0.15) is 31.4 Å². The largest absolute Gasteiger partial charge is 0.370 e. The van der Waals surface area contributed by atoms with E-state index in [9.17, 15) is 4.79 Å². The minimum Gasteiger partial charge on any atom is -0.370 e. The molecular weight excluding hydrogens is 384 g/mol. The fourth-order valence-electron chi connectivity index (χ4n) is 4.33. The smallest absolute Gasteiger partial charge is 0.321 e. The lowest BCUT2D eigenvalue weighted by atomic mass is 10.1.